The van der Waals surface area contributed by atoms with E-state index in [1.54, 1.807) is 19.0 Å². The molecular formula is C19H29IN4O. The Kier molecular flexibility index (Phi) is 7.53. The maximum absolute atomic E-state index is 11.8. The van der Waals surface area contributed by atoms with E-state index in [2.05, 4.69) is 39.9 Å². The van der Waals surface area contributed by atoms with Crippen molar-refractivity contribution >= 4 is 35.8 Å². The van der Waals surface area contributed by atoms with E-state index >= 15 is 0 Å². The van der Waals surface area contributed by atoms with E-state index in [4.69, 9.17) is 0 Å². The first-order chi connectivity index (χ1) is 11.6. The van der Waals surface area contributed by atoms with Crippen LogP contribution < -0.4 is 10.6 Å². The number of carbonyl (C=O) groups is 1. The molecular weight excluding hydrogens is 427 g/mol. The normalized spacial score (nSPS) is 19.4. The second-order valence-electron chi connectivity index (χ2n) is 7.13. The molecule has 0 aromatic heterocycles. The molecule has 1 aromatic rings. The fourth-order valence-corrected chi connectivity index (χ4v) is 3.02. The van der Waals surface area contributed by atoms with Crippen LogP contribution in [-0.4, -0.2) is 50.0 Å². The number of nitrogens with one attached hydrogen (secondary N) is 2. The van der Waals surface area contributed by atoms with Crippen LogP contribution in [0.15, 0.2) is 29.3 Å². The van der Waals surface area contributed by atoms with E-state index in [1.165, 1.54) is 24.0 Å². The zero-order chi connectivity index (χ0) is 16.9. The Labute approximate surface area is 167 Å². The van der Waals surface area contributed by atoms with Gasteiger partial charge in [0.15, 0.2) is 5.96 Å². The molecule has 2 aliphatic rings. The summed E-state index contributed by atoms with van der Waals surface area (Å²) in [6.07, 6.45) is 5.81. The standard InChI is InChI=1S/C19H28N4O.HI/c1-23(2)18(24)13-21-19(20-12-14-7-8-14)22-17-10-9-15-5-3-4-6-16(15)11-17;/h3-6,14,17H,7-13H2,1-2H3,(H2,20,21,22);1H. The predicted molar refractivity (Wildman–Crippen MR) is 113 cm³/mol. The summed E-state index contributed by atoms with van der Waals surface area (Å²) < 4.78 is 0. The number of benzene rings is 1. The van der Waals surface area contributed by atoms with E-state index in [-0.39, 0.29) is 36.4 Å². The summed E-state index contributed by atoms with van der Waals surface area (Å²) in [5.74, 6) is 1.58. The molecule has 1 unspecified atom stereocenters. The molecule has 2 N–H and O–H groups in total. The van der Waals surface area contributed by atoms with Crippen molar-refractivity contribution in [2.24, 2.45) is 10.9 Å². The number of aliphatic imine (C=N–C) groups is 1. The maximum atomic E-state index is 11.8. The molecule has 0 aliphatic heterocycles. The van der Waals surface area contributed by atoms with E-state index in [1.807, 2.05) is 0 Å². The summed E-state index contributed by atoms with van der Waals surface area (Å²) in [5, 5.41) is 6.96. The van der Waals surface area contributed by atoms with Gasteiger partial charge in [-0.15, -0.1) is 24.0 Å². The highest BCUT2D eigenvalue weighted by Crippen LogP contribution is 2.27. The number of hydrogen-bond acceptors (Lipinski definition) is 2. The molecule has 1 fully saturated rings. The molecule has 25 heavy (non-hydrogen) atoms. The van der Waals surface area contributed by atoms with Crippen molar-refractivity contribution in [1.82, 2.24) is 15.5 Å². The summed E-state index contributed by atoms with van der Waals surface area (Å²) in [7, 11) is 3.53. The fourth-order valence-electron chi connectivity index (χ4n) is 3.02. The highest BCUT2D eigenvalue weighted by molar-refractivity contribution is 14.0. The number of halogens is 1. The zero-order valence-corrected chi connectivity index (χ0v) is 17.5. The quantitative estimate of drug-likeness (QED) is 0.406. The van der Waals surface area contributed by atoms with Gasteiger partial charge in [-0.2, -0.15) is 0 Å². The lowest BCUT2D eigenvalue weighted by molar-refractivity contribution is -0.127. The molecule has 0 heterocycles. The first kappa shape index (κ1) is 20.0. The predicted octanol–water partition coefficient (Wildman–Crippen LogP) is 2.20. The van der Waals surface area contributed by atoms with Gasteiger partial charge < -0.3 is 15.5 Å². The number of carbonyl (C=O) groups excluding carboxylic acids is 1. The SMILES string of the molecule is CN(C)C(=O)CN=C(NCC1CC1)NC1CCc2ccccc2C1.I. The molecule has 0 saturated heterocycles. The Morgan fingerprint density at radius 2 is 1.92 bits per heavy atom. The summed E-state index contributed by atoms with van der Waals surface area (Å²) in [6, 6.07) is 9.04. The fraction of sp³-hybridized carbons (Fsp3) is 0.579. The average molecular weight is 456 g/mol. The van der Waals surface area contributed by atoms with Crippen molar-refractivity contribution in [2.75, 3.05) is 27.2 Å². The van der Waals surface area contributed by atoms with Gasteiger partial charge >= 0.3 is 0 Å². The van der Waals surface area contributed by atoms with Crippen LogP contribution in [0.5, 0.6) is 0 Å². The number of amides is 1. The smallest absolute Gasteiger partial charge is 0.243 e. The number of likely N-dealkylation sites (N-methyl/N-ethyl adjacent to an activating group) is 1. The van der Waals surface area contributed by atoms with Gasteiger partial charge in [0.2, 0.25) is 5.91 Å². The minimum atomic E-state index is 0. The minimum Gasteiger partial charge on any atom is -0.356 e. The van der Waals surface area contributed by atoms with Gasteiger partial charge in [-0.1, -0.05) is 24.3 Å². The summed E-state index contributed by atoms with van der Waals surface area (Å²) in [4.78, 5) is 17.9. The van der Waals surface area contributed by atoms with Gasteiger partial charge in [0, 0.05) is 26.7 Å². The number of nitrogens with zero attached hydrogens (tertiary/aromatic N) is 2. The largest absolute Gasteiger partial charge is 0.356 e. The molecule has 0 bridgehead atoms. The molecule has 5 nitrogen and oxygen atoms in total. The lowest BCUT2D eigenvalue weighted by atomic mass is 9.88. The first-order valence-corrected chi connectivity index (χ1v) is 8.93. The molecule has 138 valence electrons. The second kappa shape index (κ2) is 9.40. The van der Waals surface area contributed by atoms with Gasteiger partial charge in [0.05, 0.1) is 0 Å². The third-order valence-electron chi connectivity index (χ3n) is 4.81. The van der Waals surface area contributed by atoms with E-state index in [0.717, 1.165) is 37.7 Å². The number of rotatable bonds is 5. The molecule has 1 saturated carbocycles. The van der Waals surface area contributed by atoms with Crippen molar-refractivity contribution in [3.63, 3.8) is 0 Å². The number of hydrogen-bond donors (Lipinski definition) is 2. The Bertz CT molecular complexity index is 613. The molecule has 6 heteroatoms. The van der Waals surface area contributed by atoms with Crippen LogP contribution in [-0.2, 0) is 17.6 Å². The second-order valence-corrected chi connectivity index (χ2v) is 7.13. The van der Waals surface area contributed by atoms with Gasteiger partial charge in [0.25, 0.3) is 0 Å². The maximum Gasteiger partial charge on any atom is 0.243 e. The lowest BCUT2D eigenvalue weighted by Crippen LogP contribution is -2.46. The van der Waals surface area contributed by atoms with Crippen molar-refractivity contribution in [3.8, 4) is 0 Å². The monoisotopic (exact) mass is 456 g/mol. The molecule has 3 rings (SSSR count). The van der Waals surface area contributed by atoms with Crippen molar-refractivity contribution in [3.05, 3.63) is 35.4 Å². The van der Waals surface area contributed by atoms with Crippen LogP contribution in [0, 0.1) is 5.92 Å². The van der Waals surface area contributed by atoms with Crippen LogP contribution in [0.25, 0.3) is 0 Å². The Morgan fingerprint density at radius 3 is 2.60 bits per heavy atom. The van der Waals surface area contributed by atoms with Crippen LogP contribution in [0.2, 0.25) is 0 Å². The molecule has 1 amide bonds. The Hall–Kier alpha value is -1.31. The van der Waals surface area contributed by atoms with Crippen molar-refractivity contribution < 1.29 is 4.79 Å². The third-order valence-corrected chi connectivity index (χ3v) is 4.81. The lowest BCUT2D eigenvalue weighted by Gasteiger charge is -2.27. The van der Waals surface area contributed by atoms with E-state index in [0.29, 0.717) is 6.04 Å². The number of aryl methyl sites for hydroxylation is 1. The first-order valence-electron chi connectivity index (χ1n) is 8.93. The molecule has 2 aliphatic carbocycles. The van der Waals surface area contributed by atoms with Crippen molar-refractivity contribution in [2.45, 2.75) is 38.1 Å². The topological polar surface area (TPSA) is 56.7 Å². The highest BCUT2D eigenvalue weighted by Gasteiger charge is 2.23. The molecule has 0 spiro atoms. The van der Waals surface area contributed by atoms with Crippen LogP contribution >= 0.6 is 24.0 Å². The van der Waals surface area contributed by atoms with Crippen molar-refractivity contribution in [1.29, 1.82) is 0 Å². The van der Waals surface area contributed by atoms with Crippen LogP contribution in [0.1, 0.15) is 30.4 Å². The van der Waals surface area contributed by atoms with Crippen LogP contribution in [0.4, 0.5) is 0 Å². The van der Waals surface area contributed by atoms with E-state index in [9.17, 15) is 4.79 Å². The van der Waals surface area contributed by atoms with Gasteiger partial charge in [0.1, 0.15) is 6.54 Å². The minimum absolute atomic E-state index is 0. The Balaban J connectivity index is 0.00000225. The number of guanidine groups is 1. The number of fused-ring (bicyclic) bond motifs is 1. The summed E-state index contributed by atoms with van der Waals surface area (Å²) in [5.41, 5.74) is 2.88. The summed E-state index contributed by atoms with van der Waals surface area (Å²) >= 11 is 0. The van der Waals surface area contributed by atoms with Crippen LogP contribution in [0.3, 0.4) is 0 Å². The van der Waals surface area contributed by atoms with Gasteiger partial charge in [-0.05, 0) is 49.1 Å². The molecule has 1 atom stereocenters. The Morgan fingerprint density at radius 1 is 1.20 bits per heavy atom. The van der Waals surface area contributed by atoms with E-state index < -0.39 is 0 Å². The average Bonchev–Trinajstić information content (AvgIpc) is 3.41. The third kappa shape index (κ3) is 6.17. The van der Waals surface area contributed by atoms with Gasteiger partial charge in [-0.25, -0.2) is 4.99 Å². The highest BCUT2D eigenvalue weighted by atomic mass is 127. The molecule has 1 aromatic carbocycles. The molecule has 0 radical (unpaired) electrons. The zero-order valence-electron chi connectivity index (χ0n) is 15.1. The summed E-state index contributed by atoms with van der Waals surface area (Å²) in [6.45, 7) is 1.14. The van der Waals surface area contributed by atoms with Gasteiger partial charge in [-0.3, -0.25) is 4.79 Å².